The van der Waals surface area contributed by atoms with Crippen molar-refractivity contribution in [1.82, 2.24) is 15.5 Å². The van der Waals surface area contributed by atoms with Gasteiger partial charge < -0.3 is 20.3 Å². The summed E-state index contributed by atoms with van der Waals surface area (Å²) in [6, 6.07) is -0.0325. The SMILES string of the molecule is CN(C)CCOCCNC1CCCCNC1=O. The number of carbonyl (C=O) groups excluding carboxylic acids is 1. The van der Waals surface area contributed by atoms with Gasteiger partial charge in [0.1, 0.15) is 0 Å². The molecule has 1 heterocycles. The van der Waals surface area contributed by atoms with Gasteiger partial charge in [-0.3, -0.25) is 4.79 Å². The molecule has 1 aliphatic rings. The molecule has 0 bridgehead atoms. The maximum atomic E-state index is 11.6. The monoisotopic (exact) mass is 243 g/mol. The van der Waals surface area contributed by atoms with E-state index in [9.17, 15) is 4.79 Å². The molecule has 1 unspecified atom stereocenters. The van der Waals surface area contributed by atoms with Gasteiger partial charge in [0.05, 0.1) is 19.3 Å². The normalized spacial score (nSPS) is 21.4. The molecular formula is C12H25N3O2. The van der Waals surface area contributed by atoms with Crippen molar-refractivity contribution >= 4 is 5.91 Å². The minimum absolute atomic E-state index is 0.0325. The lowest BCUT2D eigenvalue weighted by molar-refractivity contribution is -0.122. The molecule has 100 valence electrons. The highest BCUT2D eigenvalue weighted by molar-refractivity contribution is 5.81. The first-order valence-electron chi connectivity index (χ1n) is 6.43. The summed E-state index contributed by atoms with van der Waals surface area (Å²) < 4.78 is 5.47. The third-order valence-corrected chi connectivity index (χ3v) is 2.86. The summed E-state index contributed by atoms with van der Waals surface area (Å²) in [5.41, 5.74) is 0. The van der Waals surface area contributed by atoms with Crippen LogP contribution in [-0.2, 0) is 9.53 Å². The molecule has 1 fully saturated rings. The minimum atomic E-state index is -0.0325. The fourth-order valence-corrected chi connectivity index (χ4v) is 1.79. The number of rotatable bonds is 7. The summed E-state index contributed by atoms with van der Waals surface area (Å²) in [5, 5.41) is 6.16. The van der Waals surface area contributed by atoms with Crippen molar-refractivity contribution in [1.29, 1.82) is 0 Å². The Kier molecular flexibility index (Phi) is 7.16. The summed E-state index contributed by atoms with van der Waals surface area (Å²) in [7, 11) is 4.05. The van der Waals surface area contributed by atoms with Crippen LogP contribution >= 0.6 is 0 Å². The van der Waals surface area contributed by atoms with E-state index in [1.165, 1.54) is 0 Å². The number of nitrogens with one attached hydrogen (secondary N) is 2. The Hall–Kier alpha value is -0.650. The third kappa shape index (κ3) is 6.61. The molecule has 1 amide bonds. The second kappa shape index (κ2) is 8.44. The Morgan fingerprint density at radius 2 is 2.24 bits per heavy atom. The van der Waals surface area contributed by atoms with Gasteiger partial charge >= 0.3 is 0 Å². The average molecular weight is 243 g/mol. The molecule has 1 aliphatic heterocycles. The van der Waals surface area contributed by atoms with E-state index in [2.05, 4.69) is 15.5 Å². The van der Waals surface area contributed by atoms with E-state index in [1.807, 2.05) is 14.1 Å². The Labute approximate surface area is 104 Å². The van der Waals surface area contributed by atoms with Gasteiger partial charge in [0.2, 0.25) is 5.91 Å². The summed E-state index contributed by atoms with van der Waals surface area (Å²) in [5.74, 6) is 0.135. The number of carbonyl (C=O) groups is 1. The fourth-order valence-electron chi connectivity index (χ4n) is 1.79. The lowest BCUT2D eigenvalue weighted by Gasteiger charge is -2.15. The highest BCUT2D eigenvalue weighted by Crippen LogP contribution is 2.04. The number of hydrogen-bond acceptors (Lipinski definition) is 4. The van der Waals surface area contributed by atoms with Gasteiger partial charge in [0.25, 0.3) is 0 Å². The van der Waals surface area contributed by atoms with Gasteiger partial charge in [-0.05, 0) is 33.4 Å². The standard InChI is InChI=1S/C12H25N3O2/c1-15(2)8-10-17-9-7-13-11-5-3-4-6-14-12(11)16/h11,13H,3-10H2,1-2H3,(H,14,16). The number of amides is 1. The average Bonchev–Trinajstić information content (AvgIpc) is 2.48. The van der Waals surface area contributed by atoms with Crippen LogP contribution in [0.4, 0.5) is 0 Å². The summed E-state index contributed by atoms with van der Waals surface area (Å²) in [4.78, 5) is 13.7. The Balaban J connectivity index is 2.02. The van der Waals surface area contributed by atoms with Crippen molar-refractivity contribution < 1.29 is 9.53 Å². The van der Waals surface area contributed by atoms with Crippen molar-refractivity contribution in [2.45, 2.75) is 25.3 Å². The van der Waals surface area contributed by atoms with Crippen LogP contribution < -0.4 is 10.6 Å². The van der Waals surface area contributed by atoms with Gasteiger partial charge in [0.15, 0.2) is 0 Å². The lowest BCUT2D eigenvalue weighted by Crippen LogP contribution is -2.44. The van der Waals surface area contributed by atoms with Crippen molar-refractivity contribution in [3.63, 3.8) is 0 Å². The maximum Gasteiger partial charge on any atom is 0.237 e. The van der Waals surface area contributed by atoms with E-state index < -0.39 is 0 Å². The Morgan fingerprint density at radius 3 is 3.00 bits per heavy atom. The molecule has 0 saturated carbocycles. The first-order valence-corrected chi connectivity index (χ1v) is 6.43. The van der Waals surface area contributed by atoms with Crippen LogP contribution in [0, 0.1) is 0 Å². The smallest absolute Gasteiger partial charge is 0.237 e. The van der Waals surface area contributed by atoms with Crippen molar-refractivity contribution in [2.75, 3.05) is 46.9 Å². The van der Waals surface area contributed by atoms with Crippen molar-refractivity contribution in [3.8, 4) is 0 Å². The van der Waals surface area contributed by atoms with Gasteiger partial charge in [-0.25, -0.2) is 0 Å². The van der Waals surface area contributed by atoms with Crippen LogP contribution in [0.25, 0.3) is 0 Å². The van der Waals surface area contributed by atoms with Gasteiger partial charge in [-0.1, -0.05) is 0 Å². The molecule has 0 aromatic rings. The zero-order valence-corrected chi connectivity index (χ0v) is 11.0. The molecule has 0 radical (unpaired) electrons. The summed E-state index contributed by atoms with van der Waals surface area (Å²) >= 11 is 0. The highest BCUT2D eigenvalue weighted by Gasteiger charge is 2.19. The largest absolute Gasteiger partial charge is 0.379 e. The lowest BCUT2D eigenvalue weighted by atomic mass is 10.1. The molecule has 0 aromatic carbocycles. The van der Waals surface area contributed by atoms with Crippen molar-refractivity contribution in [2.24, 2.45) is 0 Å². The summed E-state index contributed by atoms with van der Waals surface area (Å²) in [6.45, 7) is 3.90. The van der Waals surface area contributed by atoms with E-state index in [0.29, 0.717) is 6.61 Å². The van der Waals surface area contributed by atoms with E-state index in [4.69, 9.17) is 4.74 Å². The molecule has 5 nitrogen and oxygen atoms in total. The molecule has 5 heteroatoms. The van der Waals surface area contributed by atoms with E-state index in [1.54, 1.807) is 0 Å². The third-order valence-electron chi connectivity index (χ3n) is 2.86. The zero-order chi connectivity index (χ0) is 12.5. The van der Waals surface area contributed by atoms with Crippen molar-refractivity contribution in [3.05, 3.63) is 0 Å². The second-order valence-corrected chi connectivity index (χ2v) is 4.71. The van der Waals surface area contributed by atoms with Crippen LogP contribution in [0.15, 0.2) is 0 Å². The molecule has 0 spiro atoms. The Morgan fingerprint density at radius 1 is 1.41 bits per heavy atom. The van der Waals surface area contributed by atoms with Crippen LogP contribution in [0.5, 0.6) is 0 Å². The van der Waals surface area contributed by atoms with E-state index in [-0.39, 0.29) is 11.9 Å². The molecular weight excluding hydrogens is 218 g/mol. The molecule has 0 aliphatic carbocycles. The molecule has 2 N–H and O–H groups in total. The van der Waals surface area contributed by atoms with Gasteiger partial charge in [0, 0.05) is 19.6 Å². The second-order valence-electron chi connectivity index (χ2n) is 4.71. The minimum Gasteiger partial charge on any atom is -0.379 e. The molecule has 17 heavy (non-hydrogen) atoms. The number of ether oxygens (including phenoxy) is 1. The molecule has 1 rings (SSSR count). The Bertz CT molecular complexity index is 222. The first kappa shape index (κ1) is 14.4. The zero-order valence-electron chi connectivity index (χ0n) is 11.0. The molecule has 1 saturated heterocycles. The predicted molar refractivity (Wildman–Crippen MR) is 68.0 cm³/mol. The fraction of sp³-hybridized carbons (Fsp3) is 0.917. The number of likely N-dealkylation sites (N-methyl/N-ethyl adjacent to an activating group) is 1. The van der Waals surface area contributed by atoms with E-state index >= 15 is 0 Å². The van der Waals surface area contributed by atoms with Gasteiger partial charge in [-0.2, -0.15) is 0 Å². The quantitative estimate of drug-likeness (QED) is 0.609. The summed E-state index contributed by atoms with van der Waals surface area (Å²) in [6.07, 6.45) is 3.13. The van der Waals surface area contributed by atoms with Crippen LogP contribution in [-0.4, -0.2) is 63.8 Å². The molecule has 1 atom stereocenters. The molecule has 0 aromatic heterocycles. The van der Waals surface area contributed by atoms with Crippen LogP contribution in [0.3, 0.4) is 0 Å². The number of hydrogen-bond donors (Lipinski definition) is 2. The number of nitrogens with zero attached hydrogens (tertiary/aromatic N) is 1. The van der Waals surface area contributed by atoms with E-state index in [0.717, 1.165) is 45.5 Å². The van der Waals surface area contributed by atoms with Crippen LogP contribution in [0.1, 0.15) is 19.3 Å². The topological polar surface area (TPSA) is 53.6 Å². The maximum absolute atomic E-state index is 11.6. The van der Waals surface area contributed by atoms with Crippen LogP contribution in [0.2, 0.25) is 0 Å². The van der Waals surface area contributed by atoms with Gasteiger partial charge in [-0.15, -0.1) is 0 Å². The highest BCUT2D eigenvalue weighted by atomic mass is 16.5. The predicted octanol–water partition coefficient (Wildman–Crippen LogP) is -0.177. The first-order chi connectivity index (χ1) is 8.20.